The molecule has 26 heavy (non-hydrogen) atoms. The summed E-state index contributed by atoms with van der Waals surface area (Å²) in [4.78, 5) is 24.6. The average molecular weight is 352 g/mol. The number of carbonyl (C=O) groups is 2. The van der Waals surface area contributed by atoms with Crippen molar-refractivity contribution in [2.75, 3.05) is 11.9 Å². The number of nitrogens with one attached hydrogen (secondary N) is 2. The van der Waals surface area contributed by atoms with Gasteiger partial charge in [0.05, 0.1) is 16.9 Å². The molecule has 0 atom stereocenters. The Morgan fingerprint density at radius 3 is 2.50 bits per heavy atom. The summed E-state index contributed by atoms with van der Waals surface area (Å²) in [5.74, 6) is -1.05. The van der Waals surface area contributed by atoms with Crippen molar-refractivity contribution in [3.05, 3.63) is 77.9 Å². The van der Waals surface area contributed by atoms with E-state index in [0.29, 0.717) is 23.5 Å². The first-order valence-electron chi connectivity index (χ1n) is 8.08. The van der Waals surface area contributed by atoms with Gasteiger partial charge >= 0.3 is 0 Å². The predicted octanol–water partition coefficient (Wildman–Crippen LogP) is 3.01. The highest BCUT2D eigenvalue weighted by molar-refractivity contribution is 6.08. The molecule has 1 aromatic heterocycles. The molecule has 0 saturated carbocycles. The second-order valence-electron chi connectivity index (χ2n) is 5.48. The second-order valence-corrected chi connectivity index (χ2v) is 5.48. The second kappa shape index (κ2) is 7.60. The van der Waals surface area contributed by atoms with Crippen LogP contribution in [0.25, 0.3) is 5.69 Å². The quantitative estimate of drug-likeness (QED) is 0.741. The minimum absolute atomic E-state index is 0.181. The molecule has 0 radical (unpaired) electrons. The zero-order valence-electron chi connectivity index (χ0n) is 14.1. The molecule has 132 valence electrons. The van der Waals surface area contributed by atoms with Gasteiger partial charge in [-0.15, -0.1) is 0 Å². The fourth-order valence-electron chi connectivity index (χ4n) is 2.41. The van der Waals surface area contributed by atoms with E-state index in [0.717, 1.165) is 0 Å². The van der Waals surface area contributed by atoms with Crippen LogP contribution < -0.4 is 10.6 Å². The monoisotopic (exact) mass is 352 g/mol. The smallest absolute Gasteiger partial charge is 0.276 e. The largest absolute Gasteiger partial charge is 0.352 e. The van der Waals surface area contributed by atoms with E-state index in [1.54, 1.807) is 48.7 Å². The summed E-state index contributed by atoms with van der Waals surface area (Å²) < 4.78 is 14.5. The van der Waals surface area contributed by atoms with Gasteiger partial charge in [0, 0.05) is 12.7 Å². The minimum atomic E-state index is -0.442. The average Bonchev–Trinajstić information content (AvgIpc) is 3.13. The molecular formula is C19H17FN4O2. The number of hydrogen-bond donors (Lipinski definition) is 2. The van der Waals surface area contributed by atoms with Gasteiger partial charge in [-0.05, 0) is 49.4 Å². The fraction of sp³-hybridized carbons (Fsp3) is 0.105. The maximum atomic E-state index is 13.0. The van der Waals surface area contributed by atoms with Crippen LogP contribution in [0, 0.1) is 5.82 Å². The molecule has 3 aromatic rings. The van der Waals surface area contributed by atoms with E-state index in [-0.39, 0.29) is 17.4 Å². The summed E-state index contributed by atoms with van der Waals surface area (Å²) in [5, 5.41) is 9.61. The number of benzene rings is 2. The van der Waals surface area contributed by atoms with Crippen molar-refractivity contribution in [3.8, 4) is 5.69 Å². The van der Waals surface area contributed by atoms with E-state index in [2.05, 4.69) is 15.7 Å². The van der Waals surface area contributed by atoms with Gasteiger partial charge < -0.3 is 10.6 Å². The first-order chi connectivity index (χ1) is 12.6. The van der Waals surface area contributed by atoms with Crippen LogP contribution >= 0.6 is 0 Å². The van der Waals surface area contributed by atoms with Gasteiger partial charge in [0.1, 0.15) is 5.82 Å². The van der Waals surface area contributed by atoms with Crippen LogP contribution in [0.15, 0.2) is 60.8 Å². The van der Waals surface area contributed by atoms with Crippen LogP contribution in [-0.4, -0.2) is 28.1 Å². The lowest BCUT2D eigenvalue weighted by Gasteiger charge is -2.09. The Morgan fingerprint density at radius 2 is 1.77 bits per heavy atom. The van der Waals surface area contributed by atoms with Crippen LogP contribution in [0.3, 0.4) is 0 Å². The lowest BCUT2D eigenvalue weighted by molar-refractivity contribution is 0.0956. The Kier molecular flexibility index (Phi) is 5.07. The summed E-state index contributed by atoms with van der Waals surface area (Å²) in [6.07, 6.45) is 1.61. The molecule has 6 nitrogen and oxygen atoms in total. The zero-order chi connectivity index (χ0) is 18.5. The van der Waals surface area contributed by atoms with E-state index in [1.807, 2.05) is 6.92 Å². The van der Waals surface area contributed by atoms with Crippen molar-refractivity contribution in [2.45, 2.75) is 6.92 Å². The molecule has 0 saturated heterocycles. The molecule has 3 rings (SSSR count). The number of hydrogen-bond acceptors (Lipinski definition) is 3. The number of anilines is 1. The number of carbonyl (C=O) groups excluding carboxylic acids is 2. The number of nitrogens with zero attached hydrogens (tertiary/aromatic N) is 2. The Balaban J connectivity index is 1.79. The molecule has 0 spiro atoms. The summed E-state index contributed by atoms with van der Waals surface area (Å²) in [6, 6.07) is 14.1. The van der Waals surface area contributed by atoms with Gasteiger partial charge in [-0.2, -0.15) is 5.10 Å². The molecule has 7 heteroatoms. The van der Waals surface area contributed by atoms with Crippen molar-refractivity contribution in [1.29, 1.82) is 0 Å². The number of rotatable bonds is 5. The van der Waals surface area contributed by atoms with Crippen LogP contribution in [0.4, 0.5) is 10.1 Å². The zero-order valence-corrected chi connectivity index (χ0v) is 14.1. The molecule has 2 amide bonds. The van der Waals surface area contributed by atoms with Gasteiger partial charge in [-0.3, -0.25) is 9.59 Å². The van der Waals surface area contributed by atoms with Crippen molar-refractivity contribution < 1.29 is 14.0 Å². The number of para-hydroxylation sites is 1. The van der Waals surface area contributed by atoms with E-state index in [9.17, 15) is 14.0 Å². The Bertz CT molecular complexity index is 935. The van der Waals surface area contributed by atoms with E-state index < -0.39 is 5.91 Å². The first-order valence-corrected chi connectivity index (χ1v) is 8.08. The van der Waals surface area contributed by atoms with Gasteiger partial charge in [-0.25, -0.2) is 9.07 Å². The summed E-state index contributed by atoms with van der Waals surface area (Å²) in [6.45, 7) is 2.31. The van der Waals surface area contributed by atoms with Crippen molar-refractivity contribution in [2.24, 2.45) is 0 Å². The summed E-state index contributed by atoms with van der Waals surface area (Å²) in [7, 11) is 0. The van der Waals surface area contributed by atoms with Crippen molar-refractivity contribution in [1.82, 2.24) is 15.1 Å². The van der Waals surface area contributed by atoms with Crippen LogP contribution in [0.1, 0.15) is 27.8 Å². The van der Waals surface area contributed by atoms with Crippen molar-refractivity contribution in [3.63, 3.8) is 0 Å². The predicted molar refractivity (Wildman–Crippen MR) is 95.9 cm³/mol. The molecule has 2 aromatic carbocycles. The lowest BCUT2D eigenvalue weighted by atomic mass is 10.1. The first kappa shape index (κ1) is 17.3. The van der Waals surface area contributed by atoms with Crippen LogP contribution in [0.2, 0.25) is 0 Å². The lowest BCUT2D eigenvalue weighted by Crippen LogP contribution is -2.24. The molecule has 0 aliphatic rings. The van der Waals surface area contributed by atoms with Gasteiger partial charge in [0.2, 0.25) is 0 Å². The Labute approximate surface area is 149 Å². The minimum Gasteiger partial charge on any atom is -0.352 e. The molecular weight excluding hydrogens is 335 g/mol. The highest BCUT2D eigenvalue weighted by atomic mass is 19.1. The number of amides is 2. The number of aromatic nitrogens is 2. The van der Waals surface area contributed by atoms with Crippen LogP contribution in [-0.2, 0) is 0 Å². The third-order valence-electron chi connectivity index (χ3n) is 3.67. The van der Waals surface area contributed by atoms with Crippen LogP contribution in [0.5, 0.6) is 0 Å². The number of halogens is 1. The fourth-order valence-corrected chi connectivity index (χ4v) is 2.41. The normalized spacial score (nSPS) is 10.4. The van der Waals surface area contributed by atoms with Gasteiger partial charge in [-0.1, -0.05) is 12.1 Å². The Morgan fingerprint density at radius 1 is 1.04 bits per heavy atom. The molecule has 0 aliphatic heterocycles. The summed E-state index contributed by atoms with van der Waals surface area (Å²) >= 11 is 0. The van der Waals surface area contributed by atoms with E-state index in [1.165, 1.54) is 16.8 Å². The molecule has 0 bridgehead atoms. The highest BCUT2D eigenvalue weighted by Crippen LogP contribution is 2.16. The molecule has 0 fully saturated rings. The van der Waals surface area contributed by atoms with E-state index in [4.69, 9.17) is 0 Å². The van der Waals surface area contributed by atoms with Gasteiger partial charge in [0.15, 0.2) is 5.69 Å². The Hall–Kier alpha value is -3.48. The van der Waals surface area contributed by atoms with Crippen molar-refractivity contribution >= 4 is 17.5 Å². The maximum Gasteiger partial charge on any atom is 0.276 e. The summed E-state index contributed by atoms with van der Waals surface area (Å²) in [5.41, 5.74) is 1.59. The third-order valence-corrected chi connectivity index (χ3v) is 3.67. The molecule has 0 aliphatic carbocycles. The highest BCUT2D eigenvalue weighted by Gasteiger charge is 2.15. The van der Waals surface area contributed by atoms with Gasteiger partial charge in [0.25, 0.3) is 11.8 Å². The van der Waals surface area contributed by atoms with E-state index >= 15 is 0 Å². The standard InChI is InChI=1S/C19H17FN4O2/c1-2-21-18(25)15-5-3-4-6-16(15)22-19(26)17-11-12-24(23-17)14-9-7-13(20)8-10-14/h3-12H,2H2,1H3,(H,21,25)(H,22,26). The topological polar surface area (TPSA) is 76.0 Å². The third kappa shape index (κ3) is 3.77. The molecule has 2 N–H and O–H groups in total. The SMILES string of the molecule is CCNC(=O)c1ccccc1NC(=O)c1ccn(-c2ccc(F)cc2)n1. The molecule has 1 heterocycles. The molecule has 0 unspecified atom stereocenters. The maximum absolute atomic E-state index is 13.0.